The number of rotatable bonds is 1. The average Bonchev–Trinajstić information content (AvgIpc) is 2.83. The summed E-state index contributed by atoms with van der Waals surface area (Å²) in [4.78, 5) is 13.7. The number of carbonyl (C=O) groups excluding carboxylic acids is 1. The SMILES string of the molecule is CC1(C#N)CCN(C(=O)c2ccoc2)CC1. The third kappa shape index (κ3) is 1.94. The first-order valence-corrected chi connectivity index (χ1v) is 5.37. The van der Waals surface area contributed by atoms with Crippen LogP contribution in [0, 0.1) is 16.7 Å². The normalized spacial score (nSPS) is 19.1. The van der Waals surface area contributed by atoms with Crippen molar-refractivity contribution in [1.82, 2.24) is 4.90 Å². The molecule has 1 aliphatic rings. The van der Waals surface area contributed by atoms with Gasteiger partial charge < -0.3 is 9.32 Å². The zero-order valence-corrected chi connectivity index (χ0v) is 9.27. The molecule has 1 aliphatic heterocycles. The van der Waals surface area contributed by atoms with Gasteiger partial charge in [0, 0.05) is 13.1 Å². The van der Waals surface area contributed by atoms with Gasteiger partial charge >= 0.3 is 0 Å². The largest absolute Gasteiger partial charge is 0.472 e. The van der Waals surface area contributed by atoms with Crippen molar-refractivity contribution in [1.29, 1.82) is 5.26 Å². The molecule has 0 N–H and O–H groups in total. The van der Waals surface area contributed by atoms with Crippen molar-refractivity contribution in [2.45, 2.75) is 19.8 Å². The quantitative estimate of drug-likeness (QED) is 0.724. The van der Waals surface area contributed by atoms with Crippen LogP contribution in [-0.4, -0.2) is 23.9 Å². The minimum atomic E-state index is -0.271. The zero-order chi connectivity index (χ0) is 11.6. The predicted octanol–water partition coefficient (Wildman–Crippen LogP) is 2.05. The van der Waals surface area contributed by atoms with Crippen LogP contribution in [0.15, 0.2) is 23.0 Å². The molecule has 0 aliphatic carbocycles. The summed E-state index contributed by atoms with van der Waals surface area (Å²) in [5.41, 5.74) is 0.313. The Hall–Kier alpha value is -1.76. The highest BCUT2D eigenvalue weighted by Gasteiger charge is 2.32. The van der Waals surface area contributed by atoms with E-state index < -0.39 is 0 Å². The van der Waals surface area contributed by atoms with Crippen molar-refractivity contribution >= 4 is 5.91 Å². The molecular formula is C12H14N2O2. The predicted molar refractivity (Wildman–Crippen MR) is 57.6 cm³/mol. The summed E-state index contributed by atoms with van der Waals surface area (Å²) in [7, 11) is 0. The first kappa shape index (κ1) is 10.7. The summed E-state index contributed by atoms with van der Waals surface area (Å²) in [5, 5.41) is 8.99. The van der Waals surface area contributed by atoms with Crippen LogP contribution < -0.4 is 0 Å². The van der Waals surface area contributed by atoms with E-state index >= 15 is 0 Å². The zero-order valence-electron chi connectivity index (χ0n) is 9.27. The van der Waals surface area contributed by atoms with Crippen LogP contribution in [0.25, 0.3) is 0 Å². The number of hydrogen-bond acceptors (Lipinski definition) is 3. The Labute approximate surface area is 94.5 Å². The maximum atomic E-state index is 11.9. The van der Waals surface area contributed by atoms with Gasteiger partial charge in [0.1, 0.15) is 6.26 Å². The molecule has 4 nitrogen and oxygen atoms in total. The molecule has 0 radical (unpaired) electrons. The molecule has 0 unspecified atom stereocenters. The fraction of sp³-hybridized carbons (Fsp3) is 0.500. The first-order chi connectivity index (χ1) is 7.64. The van der Waals surface area contributed by atoms with E-state index in [-0.39, 0.29) is 11.3 Å². The third-order valence-corrected chi connectivity index (χ3v) is 3.19. The second-order valence-electron chi connectivity index (χ2n) is 4.48. The van der Waals surface area contributed by atoms with E-state index in [9.17, 15) is 4.79 Å². The highest BCUT2D eigenvalue weighted by molar-refractivity contribution is 5.93. The molecule has 2 heterocycles. The number of furan rings is 1. The van der Waals surface area contributed by atoms with Crippen LogP contribution in [0.4, 0.5) is 0 Å². The summed E-state index contributed by atoms with van der Waals surface area (Å²) in [5.74, 6) is -0.00580. The van der Waals surface area contributed by atoms with Crippen molar-refractivity contribution in [3.8, 4) is 6.07 Å². The Morgan fingerprint density at radius 3 is 2.75 bits per heavy atom. The van der Waals surface area contributed by atoms with Crippen molar-refractivity contribution in [3.05, 3.63) is 24.2 Å². The van der Waals surface area contributed by atoms with Gasteiger partial charge in [-0.25, -0.2) is 0 Å². The molecule has 0 aromatic carbocycles. The van der Waals surface area contributed by atoms with Crippen molar-refractivity contribution < 1.29 is 9.21 Å². The van der Waals surface area contributed by atoms with Crippen LogP contribution in [0.5, 0.6) is 0 Å². The monoisotopic (exact) mass is 218 g/mol. The first-order valence-electron chi connectivity index (χ1n) is 5.37. The molecule has 1 amide bonds. The van der Waals surface area contributed by atoms with Gasteiger partial charge in [0.15, 0.2) is 0 Å². The van der Waals surface area contributed by atoms with E-state index in [0.29, 0.717) is 18.7 Å². The second kappa shape index (κ2) is 4.01. The smallest absolute Gasteiger partial charge is 0.257 e. The molecule has 1 aromatic heterocycles. The molecule has 0 saturated carbocycles. The van der Waals surface area contributed by atoms with E-state index in [1.165, 1.54) is 12.5 Å². The van der Waals surface area contributed by atoms with Gasteiger partial charge in [-0.3, -0.25) is 4.79 Å². The number of carbonyl (C=O) groups is 1. The fourth-order valence-corrected chi connectivity index (χ4v) is 1.88. The highest BCUT2D eigenvalue weighted by atomic mass is 16.3. The number of nitrogens with zero attached hydrogens (tertiary/aromatic N) is 2. The van der Waals surface area contributed by atoms with Gasteiger partial charge in [0.05, 0.1) is 23.3 Å². The topological polar surface area (TPSA) is 57.2 Å². The maximum absolute atomic E-state index is 11.9. The minimum Gasteiger partial charge on any atom is -0.472 e. The lowest BCUT2D eigenvalue weighted by molar-refractivity contribution is 0.0661. The minimum absolute atomic E-state index is 0.00580. The third-order valence-electron chi connectivity index (χ3n) is 3.19. The number of hydrogen-bond donors (Lipinski definition) is 0. The second-order valence-corrected chi connectivity index (χ2v) is 4.48. The van der Waals surface area contributed by atoms with Crippen molar-refractivity contribution in [2.24, 2.45) is 5.41 Å². The molecule has 0 bridgehead atoms. The van der Waals surface area contributed by atoms with Crippen LogP contribution in [0.3, 0.4) is 0 Å². The average molecular weight is 218 g/mol. The summed E-state index contributed by atoms with van der Waals surface area (Å²) in [6, 6.07) is 3.99. The van der Waals surface area contributed by atoms with Crippen molar-refractivity contribution in [3.63, 3.8) is 0 Å². The number of likely N-dealkylation sites (tertiary alicyclic amines) is 1. The Bertz CT molecular complexity index is 409. The standard InChI is InChI=1S/C12H14N2O2/c1-12(9-13)3-5-14(6-4-12)11(15)10-2-7-16-8-10/h2,7-8H,3-6H2,1H3. The molecule has 4 heteroatoms. The van der Waals surface area contributed by atoms with Crippen LogP contribution >= 0.6 is 0 Å². The van der Waals surface area contributed by atoms with Crippen LogP contribution in [0.2, 0.25) is 0 Å². The van der Waals surface area contributed by atoms with Gasteiger partial charge in [-0.1, -0.05) is 0 Å². The molecule has 84 valence electrons. The maximum Gasteiger partial charge on any atom is 0.257 e. The van der Waals surface area contributed by atoms with E-state index in [1.807, 2.05) is 6.92 Å². The molecule has 16 heavy (non-hydrogen) atoms. The molecular weight excluding hydrogens is 204 g/mol. The van der Waals surface area contributed by atoms with Gasteiger partial charge in [-0.2, -0.15) is 5.26 Å². The van der Waals surface area contributed by atoms with E-state index in [0.717, 1.165) is 12.8 Å². The van der Waals surface area contributed by atoms with Gasteiger partial charge in [0.25, 0.3) is 5.91 Å². The van der Waals surface area contributed by atoms with Gasteiger partial charge in [0.2, 0.25) is 0 Å². The lowest BCUT2D eigenvalue weighted by atomic mass is 9.82. The molecule has 0 spiro atoms. The fourth-order valence-electron chi connectivity index (χ4n) is 1.88. The summed E-state index contributed by atoms with van der Waals surface area (Å²) < 4.78 is 4.89. The van der Waals surface area contributed by atoms with E-state index in [4.69, 9.17) is 9.68 Å². The lowest BCUT2D eigenvalue weighted by Gasteiger charge is -2.34. The summed E-state index contributed by atoms with van der Waals surface area (Å²) in [6.07, 6.45) is 4.44. The lowest BCUT2D eigenvalue weighted by Crippen LogP contribution is -2.41. The number of amides is 1. The van der Waals surface area contributed by atoms with E-state index in [2.05, 4.69) is 6.07 Å². The molecule has 2 rings (SSSR count). The number of piperidine rings is 1. The van der Waals surface area contributed by atoms with Gasteiger partial charge in [-0.05, 0) is 25.8 Å². The van der Waals surface area contributed by atoms with Gasteiger partial charge in [-0.15, -0.1) is 0 Å². The summed E-state index contributed by atoms with van der Waals surface area (Å²) >= 11 is 0. The Morgan fingerprint density at radius 2 is 2.25 bits per heavy atom. The van der Waals surface area contributed by atoms with Crippen LogP contribution in [0.1, 0.15) is 30.1 Å². The molecule has 1 fully saturated rings. The Balaban J connectivity index is 2.00. The molecule has 0 atom stereocenters. The van der Waals surface area contributed by atoms with E-state index in [1.54, 1.807) is 11.0 Å². The molecule has 1 saturated heterocycles. The summed E-state index contributed by atoms with van der Waals surface area (Å²) in [6.45, 7) is 3.24. The number of nitriles is 1. The Morgan fingerprint density at radius 1 is 1.56 bits per heavy atom. The van der Waals surface area contributed by atoms with Crippen LogP contribution in [-0.2, 0) is 0 Å². The highest BCUT2D eigenvalue weighted by Crippen LogP contribution is 2.30. The van der Waals surface area contributed by atoms with Crippen molar-refractivity contribution in [2.75, 3.05) is 13.1 Å². The molecule has 1 aromatic rings. The Kier molecular flexibility index (Phi) is 2.69.